The summed E-state index contributed by atoms with van der Waals surface area (Å²) in [5.41, 5.74) is 10.4. The van der Waals surface area contributed by atoms with Crippen molar-refractivity contribution in [1.82, 2.24) is 0 Å². The Morgan fingerprint density at radius 1 is 0.256 bits per heavy atom. The van der Waals surface area contributed by atoms with Gasteiger partial charge in [-0.2, -0.15) is 0 Å². The van der Waals surface area contributed by atoms with Gasteiger partial charge in [0.1, 0.15) is 34.5 Å². The minimum atomic E-state index is 0.622. The van der Waals surface area contributed by atoms with Crippen LogP contribution in [0.15, 0.2) is 84.9 Å². The third-order valence-corrected chi connectivity index (χ3v) is 17.3. The minimum absolute atomic E-state index is 0.622. The van der Waals surface area contributed by atoms with Crippen LogP contribution in [0.2, 0.25) is 0 Å². The van der Waals surface area contributed by atoms with Gasteiger partial charge in [-0.15, -0.1) is 0 Å². The summed E-state index contributed by atoms with van der Waals surface area (Å²) in [6.45, 7) is 19.2. The van der Waals surface area contributed by atoms with Crippen LogP contribution in [0.3, 0.4) is 0 Å². The van der Waals surface area contributed by atoms with Gasteiger partial charge < -0.3 is 38.2 Å². The summed E-state index contributed by atoms with van der Waals surface area (Å²) >= 11 is 0. The monoisotopic (exact) mass is 1230 g/mol. The normalized spacial score (nSPS) is 11.7. The maximum absolute atomic E-state index is 6.85. The molecule has 5 aromatic rings. The quantitative estimate of drug-likeness (QED) is 0.0282. The Bertz CT molecular complexity index is 2620. The molecule has 8 heteroatoms. The zero-order valence-electron chi connectivity index (χ0n) is 58.1. The van der Waals surface area contributed by atoms with E-state index in [1.165, 1.54) is 165 Å². The van der Waals surface area contributed by atoms with Crippen LogP contribution in [0.1, 0.15) is 266 Å². The van der Waals surface area contributed by atoms with Crippen molar-refractivity contribution in [1.29, 1.82) is 0 Å². The van der Waals surface area contributed by atoms with E-state index in [0.29, 0.717) is 13.2 Å². The number of ether oxygens (including phenoxy) is 6. The van der Waals surface area contributed by atoms with Crippen molar-refractivity contribution in [3.8, 4) is 34.5 Å². The molecule has 0 heterocycles. The zero-order chi connectivity index (χ0) is 64.2. The maximum Gasteiger partial charge on any atom is 0.127 e. The molecule has 90 heavy (non-hydrogen) atoms. The van der Waals surface area contributed by atoms with Crippen molar-refractivity contribution in [2.75, 3.05) is 77.6 Å². The number of benzene rings is 5. The summed E-state index contributed by atoms with van der Waals surface area (Å²) in [4.78, 5) is 5.05. The van der Waals surface area contributed by atoms with Crippen LogP contribution in [0.4, 0.5) is 11.4 Å². The van der Waals surface area contributed by atoms with Gasteiger partial charge in [-0.25, -0.2) is 0 Å². The number of rotatable bonds is 50. The highest BCUT2D eigenvalue weighted by atomic mass is 16.5. The van der Waals surface area contributed by atoms with Gasteiger partial charge in [0.15, 0.2) is 0 Å². The van der Waals surface area contributed by atoms with E-state index in [0.717, 1.165) is 131 Å². The summed E-state index contributed by atoms with van der Waals surface area (Å²) in [5.74, 6) is 4.63. The van der Waals surface area contributed by atoms with Crippen molar-refractivity contribution in [2.45, 2.75) is 221 Å². The van der Waals surface area contributed by atoms with Crippen LogP contribution in [-0.2, 0) is 0 Å². The lowest BCUT2D eigenvalue weighted by atomic mass is 10.0. The van der Waals surface area contributed by atoms with Gasteiger partial charge in [-0.05, 0) is 110 Å². The first-order valence-electron chi connectivity index (χ1n) is 35.6. The highest BCUT2D eigenvalue weighted by Crippen LogP contribution is 2.38. The van der Waals surface area contributed by atoms with E-state index in [1.807, 2.05) is 0 Å². The van der Waals surface area contributed by atoms with Gasteiger partial charge in [0.25, 0.3) is 0 Å². The van der Waals surface area contributed by atoms with E-state index < -0.39 is 0 Å². The van der Waals surface area contributed by atoms with Crippen LogP contribution in [0.25, 0.3) is 48.6 Å². The van der Waals surface area contributed by atoms with Crippen molar-refractivity contribution in [3.63, 3.8) is 0 Å². The molecule has 0 fully saturated rings. The number of hydrogen-bond acceptors (Lipinski definition) is 8. The van der Waals surface area contributed by atoms with E-state index in [9.17, 15) is 0 Å². The van der Waals surface area contributed by atoms with Crippen molar-refractivity contribution in [3.05, 3.63) is 129 Å². The lowest BCUT2D eigenvalue weighted by Gasteiger charge is -2.24. The Morgan fingerprint density at radius 3 is 0.733 bits per heavy atom. The summed E-state index contributed by atoms with van der Waals surface area (Å²) in [6.07, 6.45) is 51.9. The summed E-state index contributed by atoms with van der Waals surface area (Å²) in [6, 6.07) is 30.5. The van der Waals surface area contributed by atoms with Crippen LogP contribution in [0, 0.1) is 0 Å². The number of anilines is 2. The Hall–Kier alpha value is -6.54. The van der Waals surface area contributed by atoms with Gasteiger partial charge in [0, 0.05) is 70.9 Å². The van der Waals surface area contributed by atoms with Crippen LogP contribution < -0.4 is 38.2 Å². The molecular weight excluding hydrogens is 1110 g/mol. The lowest BCUT2D eigenvalue weighted by Crippen LogP contribution is -2.25. The number of nitrogens with zero attached hydrogens (tertiary/aromatic N) is 2. The first-order valence-corrected chi connectivity index (χ1v) is 35.6. The number of unbranched alkanes of at least 4 members (excludes halogenated alkanes) is 22. The zero-order valence-corrected chi connectivity index (χ0v) is 58.1. The summed E-state index contributed by atoms with van der Waals surface area (Å²) < 4.78 is 38.1. The molecule has 0 unspecified atom stereocenters. The molecule has 0 aliphatic rings. The molecule has 494 valence electrons. The summed E-state index contributed by atoms with van der Waals surface area (Å²) in [7, 11) is 6.95. The fourth-order valence-corrected chi connectivity index (χ4v) is 11.5. The highest BCUT2D eigenvalue weighted by molar-refractivity contribution is 5.84. The number of methoxy groups -OCH3 is 4. The Morgan fingerprint density at radius 2 is 0.478 bits per heavy atom. The first kappa shape index (κ1) is 74.2. The predicted molar refractivity (Wildman–Crippen MR) is 393 cm³/mol. The third-order valence-electron chi connectivity index (χ3n) is 17.3. The molecular formula is C82H120N2O6. The average Bonchev–Trinajstić information content (AvgIpc) is 1.25. The van der Waals surface area contributed by atoms with Gasteiger partial charge in [0.2, 0.25) is 0 Å². The van der Waals surface area contributed by atoms with E-state index in [4.69, 9.17) is 28.4 Å². The molecule has 5 rings (SSSR count). The fourth-order valence-electron chi connectivity index (χ4n) is 11.5. The van der Waals surface area contributed by atoms with Gasteiger partial charge in [0.05, 0.1) is 41.7 Å². The van der Waals surface area contributed by atoms with Gasteiger partial charge in [-0.3, -0.25) is 0 Å². The second-order valence-corrected chi connectivity index (χ2v) is 24.6. The molecule has 0 saturated carbocycles. The topological polar surface area (TPSA) is 61.9 Å². The summed E-state index contributed by atoms with van der Waals surface area (Å²) in [5, 5.41) is 0. The van der Waals surface area contributed by atoms with Crippen molar-refractivity contribution in [2.24, 2.45) is 0 Å². The Balaban J connectivity index is 1.48. The molecule has 0 atom stereocenters. The lowest BCUT2D eigenvalue weighted by molar-refractivity contribution is 0.295. The second kappa shape index (κ2) is 45.7. The Labute approximate surface area is 548 Å². The standard InChI is InChI=1S/C82H120N2O6/c1-11-17-23-25-27-29-31-33-35-37-59-89-81-65-74(50-48-72-64-78(86-8)70(62-80(72)88-10)46-40-68-43-53-76(54-44-68)84(57-21-15-5)58-22-16-6)82(90-60-38-36-34-32-30-28-26-24-18-12-2)66-73(81)49-47-71-63-77(85-7)69(61-79(71)87-9)45-39-67-41-51-75(52-42-67)83(55-19-13-3)56-20-14-4/h39-54,61-66H,11-38,55-60H2,1-10H3/b45-39+,46-40+,49-47+,50-48+. The van der Waals surface area contributed by atoms with E-state index in [1.54, 1.807) is 28.4 Å². The molecule has 0 radical (unpaired) electrons. The predicted octanol–water partition coefficient (Wildman–Crippen LogP) is 23.8. The van der Waals surface area contributed by atoms with E-state index >= 15 is 0 Å². The molecule has 0 amide bonds. The van der Waals surface area contributed by atoms with Crippen LogP contribution >= 0.6 is 0 Å². The smallest absolute Gasteiger partial charge is 0.127 e. The van der Waals surface area contributed by atoms with Crippen molar-refractivity contribution < 1.29 is 28.4 Å². The molecule has 5 aromatic carbocycles. The molecule has 0 aliphatic heterocycles. The first-order chi connectivity index (χ1) is 44.3. The largest absolute Gasteiger partial charge is 0.496 e. The fraction of sp³-hybridized carbons (Fsp3) is 0.537. The average molecular weight is 1230 g/mol. The number of hydrogen-bond donors (Lipinski definition) is 0. The van der Waals surface area contributed by atoms with Gasteiger partial charge >= 0.3 is 0 Å². The molecule has 0 aromatic heterocycles. The molecule has 0 saturated heterocycles. The minimum Gasteiger partial charge on any atom is -0.496 e. The maximum atomic E-state index is 6.85. The van der Waals surface area contributed by atoms with E-state index in [-0.39, 0.29) is 0 Å². The molecule has 8 nitrogen and oxygen atoms in total. The molecule has 0 spiro atoms. The molecule has 0 aliphatic carbocycles. The molecule has 0 N–H and O–H groups in total. The van der Waals surface area contributed by atoms with E-state index in [2.05, 4.69) is 185 Å². The SMILES string of the molecule is CCCCCCCCCCCCOc1cc(/C=C/c2cc(OC)c(/C=C/c3ccc(N(CCCC)CCCC)cc3)cc2OC)c(OCCCCCCCCCCCC)cc1/C=C/c1cc(OC)c(/C=C/c2ccc(N(CCCC)CCCC)cc2)cc1OC. The van der Waals surface area contributed by atoms with Crippen LogP contribution in [0.5, 0.6) is 34.5 Å². The van der Waals surface area contributed by atoms with Crippen molar-refractivity contribution >= 4 is 60.0 Å². The van der Waals surface area contributed by atoms with Gasteiger partial charge in [-0.1, -0.05) is 256 Å². The van der Waals surface area contributed by atoms with Crippen LogP contribution in [-0.4, -0.2) is 67.8 Å². The highest BCUT2D eigenvalue weighted by Gasteiger charge is 2.15. The molecule has 0 bridgehead atoms. The Kier molecular flexibility index (Phi) is 37.6. The third kappa shape index (κ3) is 27.1. The second-order valence-electron chi connectivity index (χ2n) is 24.6.